The molecule has 5 nitrogen and oxygen atoms in total. The number of hydrogen-bond acceptors (Lipinski definition) is 5. The Balaban J connectivity index is 2.19. The fourth-order valence-corrected chi connectivity index (χ4v) is 1.88. The molecule has 0 radical (unpaired) electrons. The van der Waals surface area contributed by atoms with Crippen molar-refractivity contribution in [3.8, 4) is 0 Å². The second-order valence-electron chi connectivity index (χ2n) is 3.34. The molecule has 2 rings (SSSR count). The van der Waals surface area contributed by atoms with Crippen molar-refractivity contribution >= 4 is 10.2 Å². The van der Waals surface area contributed by atoms with Gasteiger partial charge in [-0.3, -0.25) is 0 Å². The predicted octanol–water partition coefficient (Wildman–Crippen LogP) is 1.23. The van der Waals surface area contributed by atoms with E-state index in [9.17, 15) is 12.3 Å². The van der Waals surface area contributed by atoms with Crippen LogP contribution in [0.15, 0.2) is 15.7 Å². The zero-order valence-corrected chi connectivity index (χ0v) is 8.67. The van der Waals surface area contributed by atoms with Crippen LogP contribution in [0.3, 0.4) is 0 Å². The lowest BCUT2D eigenvalue weighted by Crippen LogP contribution is -2.14. The number of rotatable bonds is 2. The molecule has 0 aromatic carbocycles. The second-order valence-corrected chi connectivity index (χ2v) is 4.62. The summed E-state index contributed by atoms with van der Waals surface area (Å²) in [6.45, 7) is 1.18. The van der Waals surface area contributed by atoms with Gasteiger partial charge in [0.25, 0.3) is 5.09 Å². The van der Waals surface area contributed by atoms with Gasteiger partial charge in [0.15, 0.2) is 5.89 Å². The van der Waals surface area contributed by atoms with Crippen LogP contribution in [-0.2, 0) is 15.0 Å². The first-order chi connectivity index (χ1) is 7.07. The van der Waals surface area contributed by atoms with E-state index in [1.54, 1.807) is 0 Å². The van der Waals surface area contributed by atoms with Crippen molar-refractivity contribution in [2.75, 3.05) is 13.2 Å². The van der Waals surface area contributed by atoms with Crippen LogP contribution >= 0.6 is 0 Å². The first kappa shape index (κ1) is 10.6. The summed E-state index contributed by atoms with van der Waals surface area (Å²) >= 11 is 0. The van der Waals surface area contributed by atoms with Crippen molar-refractivity contribution in [2.24, 2.45) is 0 Å². The summed E-state index contributed by atoms with van der Waals surface area (Å²) < 4.78 is 43.5. The van der Waals surface area contributed by atoms with Gasteiger partial charge in [-0.05, 0) is 12.8 Å². The molecule has 7 heteroatoms. The highest BCUT2D eigenvalue weighted by molar-refractivity contribution is 7.86. The summed E-state index contributed by atoms with van der Waals surface area (Å²) in [6, 6.07) is 0. The molecule has 0 bridgehead atoms. The van der Waals surface area contributed by atoms with Gasteiger partial charge in [0.1, 0.15) is 0 Å². The van der Waals surface area contributed by atoms with E-state index in [-0.39, 0.29) is 11.8 Å². The molecule has 1 aliphatic rings. The van der Waals surface area contributed by atoms with Gasteiger partial charge in [0.2, 0.25) is 0 Å². The lowest BCUT2D eigenvalue weighted by atomic mass is 10.0. The van der Waals surface area contributed by atoms with E-state index in [4.69, 9.17) is 9.15 Å². The molecule has 0 unspecified atom stereocenters. The van der Waals surface area contributed by atoms with Crippen molar-refractivity contribution in [1.29, 1.82) is 0 Å². The van der Waals surface area contributed by atoms with E-state index in [0.717, 1.165) is 6.20 Å². The van der Waals surface area contributed by atoms with Crippen LogP contribution in [0, 0.1) is 0 Å². The molecule has 1 saturated heterocycles. The van der Waals surface area contributed by atoms with Gasteiger partial charge in [-0.25, -0.2) is 4.98 Å². The molecule has 1 aliphatic heterocycles. The van der Waals surface area contributed by atoms with Crippen molar-refractivity contribution in [3.05, 3.63) is 12.1 Å². The highest BCUT2D eigenvalue weighted by atomic mass is 32.3. The molecule has 0 atom stereocenters. The summed E-state index contributed by atoms with van der Waals surface area (Å²) in [5.41, 5.74) is 0. The predicted molar refractivity (Wildman–Crippen MR) is 47.6 cm³/mol. The number of oxazole rings is 1. The highest BCUT2D eigenvalue weighted by Crippen LogP contribution is 2.27. The highest BCUT2D eigenvalue weighted by Gasteiger charge is 2.24. The largest absolute Gasteiger partial charge is 0.426 e. The first-order valence-electron chi connectivity index (χ1n) is 4.55. The van der Waals surface area contributed by atoms with Crippen molar-refractivity contribution < 1.29 is 21.5 Å². The van der Waals surface area contributed by atoms with Gasteiger partial charge in [-0.2, -0.15) is 8.42 Å². The molecular formula is C8H10FNO4S. The fraction of sp³-hybridized carbons (Fsp3) is 0.625. The van der Waals surface area contributed by atoms with Gasteiger partial charge in [-0.15, -0.1) is 0 Å². The van der Waals surface area contributed by atoms with E-state index >= 15 is 0 Å². The van der Waals surface area contributed by atoms with Gasteiger partial charge >= 0.3 is 10.2 Å². The topological polar surface area (TPSA) is 69.4 Å². The quantitative estimate of drug-likeness (QED) is 0.721. The molecule has 0 saturated carbocycles. The molecule has 0 amide bonds. The second kappa shape index (κ2) is 3.90. The minimum Gasteiger partial charge on any atom is -0.426 e. The van der Waals surface area contributed by atoms with Crippen molar-refractivity contribution in [3.63, 3.8) is 0 Å². The van der Waals surface area contributed by atoms with Crippen LogP contribution in [0.25, 0.3) is 0 Å². The zero-order valence-electron chi connectivity index (χ0n) is 7.85. The van der Waals surface area contributed by atoms with Crippen LogP contribution in [-0.4, -0.2) is 26.6 Å². The maximum absolute atomic E-state index is 12.5. The number of nitrogens with zero attached hydrogens (tertiary/aromatic N) is 1. The molecule has 84 valence electrons. The maximum Gasteiger partial charge on any atom is 0.367 e. The third-order valence-electron chi connectivity index (χ3n) is 2.31. The van der Waals surface area contributed by atoms with E-state index in [0.29, 0.717) is 26.1 Å². The Bertz CT molecular complexity index is 435. The standard InChI is InChI=1S/C8H10FNO4S/c9-15(11,12)7-5-10-8(14-7)6-1-3-13-4-2-6/h5-6H,1-4H2. The van der Waals surface area contributed by atoms with Crippen molar-refractivity contribution in [2.45, 2.75) is 23.9 Å². The maximum atomic E-state index is 12.5. The van der Waals surface area contributed by atoms with E-state index in [2.05, 4.69) is 4.98 Å². The average Bonchev–Trinajstić information content (AvgIpc) is 2.67. The first-order valence-corrected chi connectivity index (χ1v) is 5.94. The molecule has 1 aromatic rings. The van der Waals surface area contributed by atoms with Gasteiger partial charge in [0.05, 0.1) is 6.20 Å². The molecule has 0 N–H and O–H groups in total. The molecule has 2 heterocycles. The minimum atomic E-state index is -4.78. The smallest absolute Gasteiger partial charge is 0.367 e. The summed E-state index contributed by atoms with van der Waals surface area (Å²) in [6.07, 6.45) is 2.33. The number of ether oxygens (including phenoxy) is 1. The van der Waals surface area contributed by atoms with Gasteiger partial charge in [0, 0.05) is 19.1 Å². The molecule has 0 aliphatic carbocycles. The Morgan fingerprint density at radius 2 is 2.07 bits per heavy atom. The summed E-state index contributed by atoms with van der Waals surface area (Å²) in [5, 5.41) is -0.719. The van der Waals surface area contributed by atoms with Crippen LogP contribution < -0.4 is 0 Å². The van der Waals surface area contributed by atoms with Crippen molar-refractivity contribution in [1.82, 2.24) is 4.98 Å². The van der Waals surface area contributed by atoms with Gasteiger partial charge in [-0.1, -0.05) is 3.89 Å². The number of hydrogen-bond donors (Lipinski definition) is 0. The SMILES string of the molecule is O=S(=O)(F)c1cnc(C2CCOCC2)o1. The summed E-state index contributed by atoms with van der Waals surface area (Å²) in [7, 11) is -4.78. The van der Waals surface area contributed by atoms with Crippen LogP contribution in [0.4, 0.5) is 3.89 Å². The normalized spacial score (nSPS) is 19.3. The molecule has 15 heavy (non-hydrogen) atoms. The molecule has 0 spiro atoms. The third-order valence-corrected chi connectivity index (χ3v) is 2.98. The number of aromatic nitrogens is 1. The fourth-order valence-electron chi connectivity index (χ4n) is 1.52. The molecule has 1 aromatic heterocycles. The molecular weight excluding hydrogens is 225 g/mol. The summed E-state index contributed by atoms with van der Waals surface area (Å²) in [4.78, 5) is 3.76. The Morgan fingerprint density at radius 1 is 1.40 bits per heavy atom. The Hall–Kier alpha value is -0.950. The van der Waals surface area contributed by atoms with Gasteiger partial charge < -0.3 is 9.15 Å². The van der Waals surface area contributed by atoms with Crippen LogP contribution in [0.2, 0.25) is 0 Å². The minimum absolute atomic E-state index is 0.0225. The Kier molecular flexibility index (Phi) is 2.74. The molecule has 1 fully saturated rings. The van der Waals surface area contributed by atoms with Crippen LogP contribution in [0.5, 0.6) is 0 Å². The van der Waals surface area contributed by atoms with E-state index in [1.807, 2.05) is 0 Å². The van der Waals surface area contributed by atoms with E-state index in [1.165, 1.54) is 0 Å². The lowest BCUT2D eigenvalue weighted by molar-refractivity contribution is 0.0785. The average molecular weight is 235 g/mol. The Morgan fingerprint density at radius 3 is 2.60 bits per heavy atom. The monoisotopic (exact) mass is 235 g/mol. The van der Waals surface area contributed by atoms with Crippen LogP contribution in [0.1, 0.15) is 24.7 Å². The number of halogens is 1. The summed E-state index contributed by atoms with van der Waals surface area (Å²) in [5.74, 6) is 0.295. The zero-order chi connectivity index (χ0) is 10.9. The Labute approximate surface area is 86.5 Å². The van der Waals surface area contributed by atoms with E-state index < -0.39 is 15.3 Å². The lowest BCUT2D eigenvalue weighted by Gasteiger charge is -2.18. The third kappa shape index (κ3) is 2.35.